The molecule has 1 rings (SSSR count). The molecule has 0 N–H and O–H groups in total. The Morgan fingerprint density at radius 3 is 2.67 bits per heavy atom. The predicted molar refractivity (Wildman–Crippen MR) is 64.5 cm³/mol. The van der Waals surface area contributed by atoms with Gasteiger partial charge in [0.05, 0.1) is 0 Å². The maximum atomic E-state index is 11.3. The van der Waals surface area contributed by atoms with Crippen LogP contribution in [0.1, 0.15) is 44.1 Å². The van der Waals surface area contributed by atoms with E-state index in [1.165, 1.54) is 0 Å². The molecule has 0 fully saturated rings. The Labute approximate surface area is 95.5 Å². The van der Waals surface area contributed by atoms with E-state index in [9.17, 15) is 4.79 Å². The van der Waals surface area contributed by atoms with Gasteiger partial charge in [-0.2, -0.15) is 0 Å². The molecular formula is C12H17NOS. The van der Waals surface area contributed by atoms with Crippen molar-refractivity contribution in [3.8, 4) is 0 Å². The van der Waals surface area contributed by atoms with E-state index in [4.69, 9.17) is 0 Å². The van der Waals surface area contributed by atoms with Crippen molar-refractivity contribution in [2.24, 2.45) is 0 Å². The van der Waals surface area contributed by atoms with Crippen molar-refractivity contribution in [3.63, 3.8) is 0 Å². The van der Waals surface area contributed by atoms with Crippen LogP contribution in [0.15, 0.2) is 23.2 Å². The van der Waals surface area contributed by atoms with Crippen LogP contribution in [0.25, 0.3) is 0 Å². The quantitative estimate of drug-likeness (QED) is 0.564. The second kappa shape index (κ2) is 5.91. The smallest absolute Gasteiger partial charge is 0.180 e. The summed E-state index contributed by atoms with van der Waals surface area (Å²) in [4.78, 5) is 16.6. The molecule has 82 valence electrons. The number of hydrogen-bond donors (Lipinski definition) is 0. The average Bonchev–Trinajstić information content (AvgIpc) is 2.29. The van der Waals surface area contributed by atoms with Crippen molar-refractivity contribution in [3.05, 3.63) is 24.0 Å². The van der Waals surface area contributed by atoms with Crippen molar-refractivity contribution in [2.45, 2.75) is 43.8 Å². The number of thioether (sulfide) groups is 1. The number of ketones is 1. The number of rotatable bonds is 5. The molecule has 1 atom stereocenters. The van der Waals surface area contributed by atoms with Crippen LogP contribution in [0, 0.1) is 0 Å². The Kier molecular flexibility index (Phi) is 4.82. The highest BCUT2D eigenvalue weighted by Crippen LogP contribution is 2.24. The minimum Gasteiger partial charge on any atom is -0.292 e. The van der Waals surface area contributed by atoms with Gasteiger partial charge in [0.2, 0.25) is 0 Å². The van der Waals surface area contributed by atoms with Gasteiger partial charge in [-0.1, -0.05) is 20.8 Å². The van der Waals surface area contributed by atoms with Crippen LogP contribution in [-0.4, -0.2) is 16.0 Å². The van der Waals surface area contributed by atoms with Gasteiger partial charge in [0, 0.05) is 22.8 Å². The highest BCUT2D eigenvalue weighted by atomic mass is 32.2. The van der Waals surface area contributed by atoms with E-state index in [1.807, 2.05) is 19.1 Å². The van der Waals surface area contributed by atoms with Gasteiger partial charge in [-0.3, -0.25) is 9.78 Å². The number of pyridine rings is 1. The van der Waals surface area contributed by atoms with Crippen LogP contribution >= 0.6 is 11.8 Å². The van der Waals surface area contributed by atoms with Crippen LogP contribution in [0.2, 0.25) is 0 Å². The second-order valence-electron chi connectivity index (χ2n) is 3.49. The molecule has 0 spiro atoms. The van der Waals surface area contributed by atoms with E-state index >= 15 is 0 Å². The van der Waals surface area contributed by atoms with Crippen molar-refractivity contribution >= 4 is 17.5 Å². The minimum absolute atomic E-state index is 0.107. The first-order chi connectivity index (χ1) is 7.17. The zero-order chi connectivity index (χ0) is 11.3. The fourth-order valence-electron chi connectivity index (χ4n) is 1.11. The van der Waals surface area contributed by atoms with Gasteiger partial charge < -0.3 is 0 Å². The van der Waals surface area contributed by atoms with Crippen molar-refractivity contribution in [1.82, 2.24) is 4.98 Å². The molecule has 0 bridgehead atoms. The first-order valence-electron chi connectivity index (χ1n) is 5.33. The van der Waals surface area contributed by atoms with Crippen LogP contribution < -0.4 is 0 Å². The Morgan fingerprint density at radius 2 is 2.20 bits per heavy atom. The number of carbonyl (C=O) groups is 1. The summed E-state index contributed by atoms with van der Waals surface area (Å²) in [7, 11) is 0. The summed E-state index contributed by atoms with van der Waals surface area (Å²) in [6.07, 6.45) is 3.45. The minimum atomic E-state index is 0.107. The molecule has 2 nitrogen and oxygen atoms in total. The van der Waals surface area contributed by atoms with E-state index in [-0.39, 0.29) is 5.78 Å². The maximum Gasteiger partial charge on any atom is 0.180 e. The topological polar surface area (TPSA) is 30.0 Å². The third-order valence-corrected chi connectivity index (χ3v) is 3.50. The summed E-state index contributed by atoms with van der Waals surface area (Å²) in [6.45, 7) is 6.21. The van der Waals surface area contributed by atoms with E-state index < -0.39 is 0 Å². The van der Waals surface area contributed by atoms with Crippen LogP contribution in [-0.2, 0) is 0 Å². The lowest BCUT2D eigenvalue weighted by atomic mass is 10.2. The first-order valence-corrected chi connectivity index (χ1v) is 6.21. The maximum absolute atomic E-state index is 11.3. The molecule has 0 radical (unpaired) electrons. The SMILES string of the molecule is CCC(=O)c1ccc(SC(C)CC)cn1. The zero-order valence-electron chi connectivity index (χ0n) is 9.49. The Hall–Kier alpha value is -0.830. The van der Waals surface area contributed by atoms with Crippen molar-refractivity contribution < 1.29 is 4.79 Å². The van der Waals surface area contributed by atoms with Crippen molar-refractivity contribution in [2.75, 3.05) is 0 Å². The van der Waals surface area contributed by atoms with E-state index in [1.54, 1.807) is 18.0 Å². The lowest BCUT2D eigenvalue weighted by molar-refractivity contribution is 0.0983. The zero-order valence-corrected chi connectivity index (χ0v) is 10.3. The van der Waals surface area contributed by atoms with Gasteiger partial charge in [-0.15, -0.1) is 11.8 Å². The predicted octanol–water partition coefficient (Wildman–Crippen LogP) is 3.56. The molecule has 0 amide bonds. The van der Waals surface area contributed by atoms with E-state index in [2.05, 4.69) is 18.8 Å². The third-order valence-electron chi connectivity index (χ3n) is 2.26. The van der Waals surface area contributed by atoms with Gasteiger partial charge in [-0.05, 0) is 18.6 Å². The number of hydrogen-bond acceptors (Lipinski definition) is 3. The summed E-state index contributed by atoms with van der Waals surface area (Å²) in [5, 5.41) is 0.597. The Morgan fingerprint density at radius 1 is 1.47 bits per heavy atom. The molecule has 1 unspecified atom stereocenters. The highest BCUT2D eigenvalue weighted by Gasteiger charge is 2.06. The summed E-state index contributed by atoms with van der Waals surface area (Å²) >= 11 is 1.80. The van der Waals surface area contributed by atoms with Gasteiger partial charge in [0.15, 0.2) is 5.78 Å². The van der Waals surface area contributed by atoms with Gasteiger partial charge >= 0.3 is 0 Å². The average molecular weight is 223 g/mol. The van der Waals surface area contributed by atoms with Crippen LogP contribution in [0.5, 0.6) is 0 Å². The Balaban J connectivity index is 2.68. The molecule has 0 aliphatic rings. The molecule has 1 aromatic rings. The fourth-order valence-corrected chi connectivity index (χ4v) is 2.00. The second-order valence-corrected chi connectivity index (χ2v) is 5.00. The molecule has 0 saturated carbocycles. The summed E-state index contributed by atoms with van der Waals surface area (Å²) in [5.41, 5.74) is 0.575. The monoisotopic (exact) mass is 223 g/mol. The number of aromatic nitrogens is 1. The van der Waals surface area contributed by atoms with Crippen molar-refractivity contribution in [1.29, 1.82) is 0 Å². The van der Waals surface area contributed by atoms with Gasteiger partial charge in [-0.25, -0.2) is 0 Å². The van der Waals surface area contributed by atoms with E-state index in [0.29, 0.717) is 17.4 Å². The summed E-state index contributed by atoms with van der Waals surface area (Å²) in [5.74, 6) is 0.107. The lowest BCUT2D eigenvalue weighted by Crippen LogP contribution is -2.00. The third kappa shape index (κ3) is 3.67. The normalized spacial score (nSPS) is 12.5. The van der Waals surface area contributed by atoms with Gasteiger partial charge in [0.1, 0.15) is 5.69 Å². The molecule has 0 saturated heterocycles. The molecule has 0 aliphatic heterocycles. The molecule has 1 heterocycles. The molecule has 0 aliphatic carbocycles. The highest BCUT2D eigenvalue weighted by molar-refractivity contribution is 7.99. The van der Waals surface area contributed by atoms with E-state index in [0.717, 1.165) is 11.3 Å². The molecule has 15 heavy (non-hydrogen) atoms. The Bertz CT molecular complexity index is 321. The number of carbonyl (C=O) groups excluding carboxylic acids is 1. The lowest BCUT2D eigenvalue weighted by Gasteiger charge is -2.07. The summed E-state index contributed by atoms with van der Waals surface area (Å²) < 4.78 is 0. The number of nitrogens with zero attached hydrogens (tertiary/aromatic N) is 1. The molecule has 3 heteroatoms. The fraction of sp³-hybridized carbons (Fsp3) is 0.500. The molecule has 0 aromatic carbocycles. The van der Waals surface area contributed by atoms with Crippen LogP contribution in [0.4, 0.5) is 0 Å². The van der Waals surface area contributed by atoms with Gasteiger partial charge in [0.25, 0.3) is 0 Å². The first kappa shape index (κ1) is 12.2. The standard InChI is InChI=1S/C12H17NOS/c1-4-9(3)15-10-6-7-11(13-8-10)12(14)5-2/h6-9H,4-5H2,1-3H3. The molecular weight excluding hydrogens is 206 g/mol. The summed E-state index contributed by atoms with van der Waals surface area (Å²) in [6, 6.07) is 3.79. The van der Waals surface area contributed by atoms with Crippen LogP contribution in [0.3, 0.4) is 0 Å². The number of Topliss-reactive ketones (excluding diaryl/α,β-unsaturated/α-hetero) is 1. The largest absolute Gasteiger partial charge is 0.292 e. The molecule has 1 aromatic heterocycles.